The van der Waals surface area contributed by atoms with Crippen molar-refractivity contribution >= 4 is 24.2 Å². The highest BCUT2D eigenvalue weighted by Crippen LogP contribution is 2.09. The quantitative estimate of drug-likeness (QED) is 0.332. The second kappa shape index (κ2) is 8.90. The molecule has 4 N–H and O–H groups in total. The molecule has 0 spiro atoms. The number of nitrogens with two attached hydrogens (primary N) is 1. The van der Waals surface area contributed by atoms with E-state index in [1.54, 1.807) is 13.2 Å². The molecule has 0 aromatic carbocycles. The highest BCUT2D eigenvalue weighted by atomic mass is 16.5. The zero-order valence-corrected chi connectivity index (χ0v) is 11.1. The van der Waals surface area contributed by atoms with Gasteiger partial charge in [0.15, 0.2) is 5.96 Å². The van der Waals surface area contributed by atoms with Crippen LogP contribution in [-0.4, -0.2) is 48.8 Å². The Morgan fingerprint density at radius 2 is 2.16 bits per heavy atom. The number of hydrogen-bond donors (Lipinski definition) is 3. The fourth-order valence-corrected chi connectivity index (χ4v) is 1.43. The fourth-order valence-electron chi connectivity index (χ4n) is 1.43. The minimum atomic E-state index is -0.992. The van der Waals surface area contributed by atoms with Crippen LogP contribution in [0.15, 0.2) is 0 Å². The van der Waals surface area contributed by atoms with E-state index in [1.807, 2.05) is 0 Å². The Bertz CT molecular complexity index is 330. The zero-order valence-electron chi connectivity index (χ0n) is 11.1. The van der Waals surface area contributed by atoms with Crippen molar-refractivity contribution in [2.45, 2.75) is 32.2 Å². The van der Waals surface area contributed by atoms with E-state index in [0.29, 0.717) is 13.0 Å². The van der Waals surface area contributed by atoms with Gasteiger partial charge in [-0.15, -0.1) is 0 Å². The topological polar surface area (TPSA) is 126 Å². The summed E-state index contributed by atoms with van der Waals surface area (Å²) in [6.45, 7) is 1.94. The van der Waals surface area contributed by atoms with E-state index in [0.717, 1.165) is 12.0 Å². The highest BCUT2D eigenvalue weighted by molar-refractivity contribution is 5.94. The standard InChI is InChI=1S/C11H19N4O4/c1-3-9(17)15(11(18)19-2)8(7-16)5-4-6-14-10(12)13/h8H,3-6H2,1-2H3,(H4,12,13,14)/t8-/m0/s1. The van der Waals surface area contributed by atoms with Gasteiger partial charge in [0.1, 0.15) is 6.04 Å². The molecule has 0 aliphatic rings. The molecule has 1 radical (unpaired) electrons. The summed E-state index contributed by atoms with van der Waals surface area (Å²) in [4.78, 5) is 34.8. The molecule has 1 atom stereocenters. The van der Waals surface area contributed by atoms with E-state index in [4.69, 9.17) is 11.1 Å². The van der Waals surface area contributed by atoms with Crippen LogP contribution in [0.5, 0.6) is 0 Å². The molecule has 0 rings (SSSR count). The molecule has 0 saturated carbocycles. The Kier molecular flexibility index (Phi) is 7.90. The summed E-state index contributed by atoms with van der Waals surface area (Å²) in [6.07, 6.45) is 1.54. The molecule has 0 saturated heterocycles. The second-order valence-electron chi connectivity index (χ2n) is 3.70. The summed E-state index contributed by atoms with van der Waals surface area (Å²) < 4.78 is 4.48. The number of carbonyl (C=O) groups excluding carboxylic acids is 3. The van der Waals surface area contributed by atoms with Gasteiger partial charge in [0, 0.05) is 13.0 Å². The Morgan fingerprint density at radius 3 is 2.58 bits per heavy atom. The fraction of sp³-hybridized carbons (Fsp3) is 0.636. The van der Waals surface area contributed by atoms with Crippen LogP contribution in [0, 0.1) is 5.41 Å². The van der Waals surface area contributed by atoms with Crippen molar-refractivity contribution in [2.24, 2.45) is 5.73 Å². The number of nitrogens with one attached hydrogen (secondary N) is 2. The maximum absolute atomic E-state index is 11.6. The van der Waals surface area contributed by atoms with E-state index >= 15 is 0 Å². The normalized spacial score (nSPS) is 11.3. The van der Waals surface area contributed by atoms with Crippen LogP contribution >= 0.6 is 0 Å². The third-order valence-corrected chi connectivity index (χ3v) is 2.36. The van der Waals surface area contributed by atoms with E-state index < -0.39 is 18.0 Å². The molecule has 0 unspecified atom stereocenters. The van der Waals surface area contributed by atoms with Gasteiger partial charge in [-0.3, -0.25) is 15.0 Å². The van der Waals surface area contributed by atoms with Crippen molar-refractivity contribution in [3.8, 4) is 0 Å². The van der Waals surface area contributed by atoms with Crippen molar-refractivity contribution in [1.82, 2.24) is 10.2 Å². The van der Waals surface area contributed by atoms with Gasteiger partial charge in [0.2, 0.25) is 12.2 Å². The predicted octanol–water partition coefficient (Wildman–Crippen LogP) is -0.267. The van der Waals surface area contributed by atoms with Crippen LogP contribution in [0.3, 0.4) is 0 Å². The van der Waals surface area contributed by atoms with Crippen LogP contribution in [0.4, 0.5) is 4.79 Å². The Balaban J connectivity index is 4.57. The van der Waals surface area contributed by atoms with Crippen LogP contribution in [-0.2, 0) is 14.3 Å². The van der Waals surface area contributed by atoms with Gasteiger partial charge in [-0.25, -0.2) is 9.69 Å². The summed E-state index contributed by atoms with van der Waals surface area (Å²) in [6, 6.07) is -0.992. The highest BCUT2D eigenvalue weighted by Gasteiger charge is 2.29. The van der Waals surface area contributed by atoms with E-state index in [-0.39, 0.29) is 18.8 Å². The van der Waals surface area contributed by atoms with Crippen molar-refractivity contribution < 1.29 is 19.1 Å². The number of methoxy groups -OCH3 is 1. The number of nitrogens with zero attached hydrogens (tertiary/aromatic N) is 1. The molecular formula is C11H19N4O4. The molecule has 0 aliphatic heterocycles. The first-order chi connectivity index (χ1) is 8.97. The van der Waals surface area contributed by atoms with E-state index in [2.05, 4.69) is 10.1 Å². The first kappa shape index (κ1) is 16.9. The number of hydrogen-bond acceptors (Lipinski definition) is 5. The average molecular weight is 271 g/mol. The number of guanidine groups is 1. The first-order valence-corrected chi connectivity index (χ1v) is 5.83. The van der Waals surface area contributed by atoms with Crippen LogP contribution in [0.25, 0.3) is 0 Å². The van der Waals surface area contributed by atoms with E-state index in [1.165, 1.54) is 0 Å². The molecule has 2 amide bonds. The SMILES string of the molecule is CCC(=O)N(C(=O)OC)[C@H]([C]=O)CCCNC(=N)N. The third kappa shape index (κ3) is 5.84. The Morgan fingerprint density at radius 1 is 1.53 bits per heavy atom. The number of ether oxygens (including phenoxy) is 1. The van der Waals surface area contributed by atoms with Gasteiger partial charge in [0.05, 0.1) is 7.11 Å². The molecule has 8 nitrogen and oxygen atoms in total. The number of carbonyl (C=O) groups is 2. The average Bonchev–Trinajstić information content (AvgIpc) is 2.40. The molecule has 0 aliphatic carbocycles. The summed E-state index contributed by atoms with van der Waals surface area (Å²) >= 11 is 0. The summed E-state index contributed by atoms with van der Waals surface area (Å²) in [5, 5.41) is 9.52. The van der Waals surface area contributed by atoms with Gasteiger partial charge in [-0.05, 0) is 12.8 Å². The maximum Gasteiger partial charge on any atom is 0.416 e. The van der Waals surface area contributed by atoms with Gasteiger partial charge >= 0.3 is 6.09 Å². The maximum atomic E-state index is 11.6. The van der Waals surface area contributed by atoms with Gasteiger partial charge < -0.3 is 15.8 Å². The monoisotopic (exact) mass is 271 g/mol. The first-order valence-electron chi connectivity index (χ1n) is 5.83. The zero-order chi connectivity index (χ0) is 14.8. The number of amides is 2. The summed E-state index contributed by atoms with van der Waals surface area (Å²) in [5.74, 6) is -0.680. The molecule has 0 aromatic rings. The van der Waals surface area contributed by atoms with Crippen LogP contribution in [0.1, 0.15) is 26.2 Å². The van der Waals surface area contributed by atoms with Crippen molar-refractivity contribution in [3.05, 3.63) is 0 Å². The molecular weight excluding hydrogens is 252 g/mol. The molecule has 0 fully saturated rings. The second-order valence-corrected chi connectivity index (χ2v) is 3.70. The summed E-state index contributed by atoms with van der Waals surface area (Å²) in [5.41, 5.74) is 5.10. The molecule has 0 bridgehead atoms. The lowest BCUT2D eigenvalue weighted by atomic mass is 10.1. The van der Waals surface area contributed by atoms with Crippen molar-refractivity contribution in [1.29, 1.82) is 5.41 Å². The minimum absolute atomic E-state index is 0.0823. The Labute approximate surface area is 111 Å². The van der Waals surface area contributed by atoms with Gasteiger partial charge in [-0.1, -0.05) is 6.92 Å². The molecule has 107 valence electrons. The molecule has 0 aromatic heterocycles. The number of rotatable bonds is 7. The van der Waals surface area contributed by atoms with Crippen LogP contribution < -0.4 is 11.1 Å². The van der Waals surface area contributed by atoms with Gasteiger partial charge in [0.25, 0.3) is 0 Å². The molecule has 19 heavy (non-hydrogen) atoms. The van der Waals surface area contributed by atoms with Crippen molar-refractivity contribution in [2.75, 3.05) is 13.7 Å². The third-order valence-electron chi connectivity index (χ3n) is 2.36. The van der Waals surface area contributed by atoms with E-state index in [9.17, 15) is 14.4 Å². The molecule has 0 heterocycles. The summed E-state index contributed by atoms with van der Waals surface area (Å²) in [7, 11) is 1.14. The number of imide groups is 1. The lowest BCUT2D eigenvalue weighted by molar-refractivity contribution is -0.130. The lowest BCUT2D eigenvalue weighted by Crippen LogP contribution is -2.45. The molecule has 8 heteroatoms. The largest absolute Gasteiger partial charge is 0.452 e. The van der Waals surface area contributed by atoms with Crippen LogP contribution in [0.2, 0.25) is 0 Å². The minimum Gasteiger partial charge on any atom is -0.452 e. The van der Waals surface area contributed by atoms with Crippen molar-refractivity contribution in [3.63, 3.8) is 0 Å². The smallest absolute Gasteiger partial charge is 0.416 e. The predicted molar refractivity (Wildman–Crippen MR) is 68.2 cm³/mol. The lowest BCUT2D eigenvalue weighted by Gasteiger charge is -2.24. The van der Waals surface area contributed by atoms with Gasteiger partial charge in [-0.2, -0.15) is 0 Å². The Hall–Kier alpha value is -2.12.